The maximum absolute atomic E-state index is 12.6. The smallest absolute Gasteiger partial charge is 0.352 e. The Balaban J connectivity index is 5.12. The number of rotatable bonds is 11. The number of carbonyl (C=O) groups is 5. The van der Waals surface area contributed by atoms with Gasteiger partial charge in [0.1, 0.15) is 18.6 Å². The molecule has 15 nitrogen and oxygen atoms in total. The second kappa shape index (κ2) is 14.4. The molecule has 0 radical (unpaired) electrons. The summed E-state index contributed by atoms with van der Waals surface area (Å²) in [5.41, 5.74) is 6.89. The van der Waals surface area contributed by atoms with Gasteiger partial charge in [0.25, 0.3) is 5.91 Å². The molecule has 30 heavy (non-hydrogen) atoms. The Morgan fingerprint density at radius 3 is 2.27 bits per heavy atom. The number of nitrogens with one attached hydrogen (secondary N) is 5. The minimum Gasteiger partial charge on any atom is -0.352 e. The molecule has 0 saturated heterocycles. The van der Waals surface area contributed by atoms with E-state index in [1.807, 2.05) is 5.48 Å². The highest BCUT2D eigenvalue weighted by molar-refractivity contribution is 5.92. The molecule has 170 valence electrons. The van der Waals surface area contributed by atoms with Crippen molar-refractivity contribution in [2.45, 2.75) is 38.8 Å². The van der Waals surface area contributed by atoms with Crippen molar-refractivity contribution in [3.63, 3.8) is 0 Å². The van der Waals surface area contributed by atoms with Gasteiger partial charge in [-0.25, -0.2) is 9.59 Å². The SMILES string of the molecule is CNC(=O)ONC(=O)[C@H](CCCNC(N)=O)NC(=O)[C@@H](NC(=O)CN=NN)C(C)C. The molecular formula is C15H29N9O6. The lowest BCUT2D eigenvalue weighted by Gasteiger charge is -2.25. The zero-order chi connectivity index (χ0) is 23.1. The van der Waals surface area contributed by atoms with Crippen molar-refractivity contribution in [1.82, 2.24) is 26.7 Å². The van der Waals surface area contributed by atoms with Crippen molar-refractivity contribution in [3.05, 3.63) is 0 Å². The fourth-order valence-electron chi connectivity index (χ4n) is 2.13. The topological polar surface area (TPSA) is 231 Å². The van der Waals surface area contributed by atoms with Crippen molar-refractivity contribution in [2.75, 3.05) is 20.1 Å². The van der Waals surface area contributed by atoms with Crippen LogP contribution in [0.4, 0.5) is 9.59 Å². The molecule has 9 N–H and O–H groups in total. The summed E-state index contributed by atoms with van der Waals surface area (Å²) < 4.78 is 0. The van der Waals surface area contributed by atoms with Crippen molar-refractivity contribution < 1.29 is 28.8 Å². The molecular weight excluding hydrogens is 402 g/mol. The molecule has 15 heteroatoms. The average molecular weight is 431 g/mol. The molecule has 0 aromatic heterocycles. The summed E-state index contributed by atoms with van der Waals surface area (Å²) >= 11 is 0. The third-order valence-electron chi connectivity index (χ3n) is 3.61. The molecule has 0 aliphatic carbocycles. The van der Waals surface area contributed by atoms with Crippen LogP contribution in [0.15, 0.2) is 10.3 Å². The van der Waals surface area contributed by atoms with E-state index in [2.05, 4.69) is 36.4 Å². The number of hydroxylamine groups is 1. The van der Waals surface area contributed by atoms with Gasteiger partial charge in [0.05, 0.1) is 0 Å². The lowest BCUT2D eigenvalue weighted by Crippen LogP contribution is -2.56. The molecule has 0 saturated carbocycles. The van der Waals surface area contributed by atoms with E-state index >= 15 is 0 Å². The van der Waals surface area contributed by atoms with Gasteiger partial charge in [-0.3, -0.25) is 14.4 Å². The lowest BCUT2D eigenvalue weighted by atomic mass is 10.0. The predicted octanol–water partition coefficient (Wildman–Crippen LogP) is -2.23. The van der Waals surface area contributed by atoms with E-state index < -0.39 is 41.9 Å². The minimum atomic E-state index is -1.13. The highest BCUT2D eigenvalue weighted by atomic mass is 16.7. The molecule has 0 aromatic rings. The number of amides is 6. The van der Waals surface area contributed by atoms with E-state index in [-0.39, 0.29) is 31.8 Å². The third kappa shape index (κ3) is 11.3. The van der Waals surface area contributed by atoms with Gasteiger partial charge in [-0.15, -0.1) is 0 Å². The lowest BCUT2D eigenvalue weighted by molar-refractivity contribution is -0.136. The molecule has 0 rings (SSSR count). The zero-order valence-electron chi connectivity index (χ0n) is 17.1. The Hall–Kier alpha value is -3.65. The zero-order valence-corrected chi connectivity index (χ0v) is 17.1. The van der Waals surface area contributed by atoms with Crippen molar-refractivity contribution in [1.29, 1.82) is 0 Å². The van der Waals surface area contributed by atoms with E-state index in [4.69, 9.17) is 11.6 Å². The van der Waals surface area contributed by atoms with Gasteiger partial charge in [-0.1, -0.05) is 19.1 Å². The first-order chi connectivity index (χ1) is 14.1. The summed E-state index contributed by atoms with van der Waals surface area (Å²) in [6.45, 7) is 3.17. The quantitative estimate of drug-likeness (QED) is 0.0822. The fraction of sp³-hybridized carbons (Fsp3) is 0.667. The Morgan fingerprint density at radius 1 is 1.07 bits per heavy atom. The number of primary amides is 1. The van der Waals surface area contributed by atoms with Crippen molar-refractivity contribution >= 4 is 29.8 Å². The molecule has 0 bridgehead atoms. The molecule has 0 aliphatic rings. The average Bonchev–Trinajstić information content (AvgIpc) is 2.69. The maximum Gasteiger partial charge on any atom is 0.431 e. The molecule has 2 atom stereocenters. The summed E-state index contributed by atoms with van der Waals surface area (Å²) in [6.07, 6.45) is -0.559. The van der Waals surface area contributed by atoms with Crippen LogP contribution in [-0.2, 0) is 19.2 Å². The van der Waals surface area contributed by atoms with Crippen molar-refractivity contribution in [2.24, 2.45) is 27.8 Å². The fourth-order valence-corrected chi connectivity index (χ4v) is 2.13. The number of hydrogen-bond donors (Lipinski definition) is 7. The number of carbonyl (C=O) groups excluding carboxylic acids is 5. The predicted molar refractivity (Wildman–Crippen MR) is 103 cm³/mol. The number of nitrogens with two attached hydrogens (primary N) is 2. The number of hydrogen-bond acceptors (Lipinski definition) is 8. The second-order valence-electron chi connectivity index (χ2n) is 6.30. The Bertz CT molecular complexity index is 640. The van der Waals surface area contributed by atoms with Crippen LogP contribution in [0.1, 0.15) is 26.7 Å². The van der Waals surface area contributed by atoms with Crippen LogP contribution in [0.3, 0.4) is 0 Å². The van der Waals surface area contributed by atoms with Gasteiger partial charge in [0.15, 0.2) is 0 Å². The summed E-state index contributed by atoms with van der Waals surface area (Å²) in [6, 6.07) is -2.84. The van der Waals surface area contributed by atoms with E-state index in [1.54, 1.807) is 13.8 Å². The second-order valence-corrected chi connectivity index (χ2v) is 6.30. The normalized spacial score (nSPS) is 12.5. The molecule has 0 fully saturated rings. The Morgan fingerprint density at radius 2 is 1.73 bits per heavy atom. The molecule has 6 amide bonds. The minimum absolute atomic E-state index is 0.0785. The summed E-state index contributed by atoms with van der Waals surface area (Å²) in [7, 11) is 1.30. The molecule has 0 unspecified atom stereocenters. The largest absolute Gasteiger partial charge is 0.431 e. The first kappa shape index (κ1) is 26.3. The van der Waals surface area contributed by atoms with Gasteiger partial charge in [0.2, 0.25) is 11.8 Å². The van der Waals surface area contributed by atoms with E-state index in [0.717, 1.165) is 0 Å². The van der Waals surface area contributed by atoms with Crippen LogP contribution in [0.25, 0.3) is 0 Å². The summed E-state index contributed by atoms with van der Waals surface area (Å²) in [4.78, 5) is 63.1. The molecule has 0 heterocycles. The van der Waals surface area contributed by atoms with Crippen LogP contribution in [0, 0.1) is 5.92 Å². The highest BCUT2D eigenvalue weighted by Crippen LogP contribution is 2.05. The Kier molecular flexibility index (Phi) is 12.6. The van der Waals surface area contributed by atoms with Gasteiger partial charge >= 0.3 is 12.1 Å². The van der Waals surface area contributed by atoms with Crippen LogP contribution >= 0.6 is 0 Å². The van der Waals surface area contributed by atoms with Gasteiger partial charge in [-0.2, -0.15) is 10.6 Å². The first-order valence-electron chi connectivity index (χ1n) is 9.00. The number of urea groups is 1. The van der Waals surface area contributed by atoms with Crippen molar-refractivity contribution in [3.8, 4) is 0 Å². The maximum atomic E-state index is 12.6. The van der Waals surface area contributed by atoms with Crippen LogP contribution in [-0.4, -0.2) is 62.1 Å². The molecule has 0 aromatic carbocycles. The third-order valence-corrected chi connectivity index (χ3v) is 3.61. The first-order valence-corrected chi connectivity index (χ1v) is 9.00. The summed E-state index contributed by atoms with van der Waals surface area (Å²) in [5.74, 6) is 2.47. The Labute approximate surface area is 173 Å². The van der Waals surface area contributed by atoms with Crippen LogP contribution in [0.5, 0.6) is 0 Å². The summed E-state index contributed by atoms with van der Waals surface area (Å²) in [5, 5.41) is 15.8. The van der Waals surface area contributed by atoms with E-state index in [1.165, 1.54) is 7.05 Å². The van der Waals surface area contributed by atoms with Crippen LogP contribution in [0.2, 0.25) is 0 Å². The highest BCUT2D eigenvalue weighted by Gasteiger charge is 2.29. The monoisotopic (exact) mass is 431 g/mol. The van der Waals surface area contributed by atoms with Gasteiger partial charge in [-0.05, 0) is 18.8 Å². The molecule has 0 aliphatic heterocycles. The van der Waals surface area contributed by atoms with Gasteiger partial charge < -0.3 is 37.7 Å². The van der Waals surface area contributed by atoms with E-state index in [9.17, 15) is 24.0 Å². The molecule has 0 spiro atoms. The number of nitrogens with zero attached hydrogens (tertiary/aromatic N) is 2. The van der Waals surface area contributed by atoms with Crippen LogP contribution < -0.4 is 38.3 Å². The standard InChI is InChI=1S/C15H29N9O6/c1-8(2)11(22-10(25)7-20-24-17)13(27)21-9(5-4-6-19-14(16)28)12(26)23-30-15(29)18-3/h8-9,11H,4-7H2,1-3H3,(H2,17,20)(H,18,29)(H,21,27)(H,22,25)(H,23,26)(H3,16,19,28)/t9-,11-/m0/s1. The van der Waals surface area contributed by atoms with Gasteiger partial charge in [0, 0.05) is 13.6 Å². The van der Waals surface area contributed by atoms with E-state index in [0.29, 0.717) is 0 Å².